The molecular weight excluding hydrogens is 266 g/mol. The minimum absolute atomic E-state index is 0.105. The largest absolute Gasteiger partial charge is 0.504 e. The molecule has 0 spiro atoms. The summed E-state index contributed by atoms with van der Waals surface area (Å²) in [5, 5.41) is 18.4. The molecule has 1 aromatic carbocycles. The van der Waals surface area contributed by atoms with E-state index in [9.17, 15) is 9.90 Å². The van der Waals surface area contributed by atoms with Crippen molar-refractivity contribution in [1.82, 2.24) is 0 Å². The number of halogens is 1. The lowest BCUT2D eigenvalue weighted by molar-refractivity contribution is -0.138. The molecule has 1 atom stereocenters. The first-order valence-electron chi connectivity index (χ1n) is 4.02. The zero-order chi connectivity index (χ0) is 11.6. The Bertz CT molecular complexity index is 394. The van der Waals surface area contributed by atoms with Crippen LogP contribution in [0.2, 0.25) is 0 Å². The standard InChI is InChI=1S/C9H10BrNO4/c1-15-6-3-4(10)2-5(8(6)12)7(11)9(13)14/h2-3,7,12H,11H2,1H3,(H,13,14). The van der Waals surface area contributed by atoms with Gasteiger partial charge in [0, 0.05) is 10.0 Å². The third-order valence-corrected chi connectivity index (χ3v) is 2.35. The third-order valence-electron chi connectivity index (χ3n) is 1.89. The maximum atomic E-state index is 10.7. The molecule has 0 bridgehead atoms. The van der Waals surface area contributed by atoms with Gasteiger partial charge >= 0.3 is 5.97 Å². The van der Waals surface area contributed by atoms with Crippen molar-refractivity contribution >= 4 is 21.9 Å². The molecule has 4 N–H and O–H groups in total. The fraction of sp³-hybridized carbons (Fsp3) is 0.222. The summed E-state index contributed by atoms with van der Waals surface area (Å²) in [4.78, 5) is 10.7. The van der Waals surface area contributed by atoms with Crippen LogP contribution in [-0.2, 0) is 4.79 Å². The number of phenolic OH excluding ortho intramolecular Hbond substituents is 1. The van der Waals surface area contributed by atoms with Crippen molar-refractivity contribution in [2.75, 3.05) is 7.11 Å². The summed E-state index contributed by atoms with van der Waals surface area (Å²) in [5.74, 6) is -1.29. The molecule has 15 heavy (non-hydrogen) atoms. The van der Waals surface area contributed by atoms with Crippen molar-refractivity contribution in [1.29, 1.82) is 0 Å². The molecular formula is C9H10BrNO4. The van der Waals surface area contributed by atoms with Crippen molar-refractivity contribution < 1.29 is 19.7 Å². The predicted molar refractivity (Wildman–Crippen MR) is 56.9 cm³/mol. The van der Waals surface area contributed by atoms with Crippen LogP contribution in [0.25, 0.3) is 0 Å². The Balaban J connectivity index is 3.28. The molecule has 82 valence electrons. The van der Waals surface area contributed by atoms with Crippen LogP contribution in [0.3, 0.4) is 0 Å². The zero-order valence-electron chi connectivity index (χ0n) is 7.90. The number of aliphatic carboxylic acids is 1. The van der Waals surface area contributed by atoms with E-state index in [2.05, 4.69) is 15.9 Å². The molecule has 5 nitrogen and oxygen atoms in total. The van der Waals surface area contributed by atoms with Crippen LogP contribution in [0, 0.1) is 0 Å². The quantitative estimate of drug-likeness (QED) is 0.772. The van der Waals surface area contributed by atoms with E-state index in [0.717, 1.165) is 0 Å². The first-order valence-corrected chi connectivity index (χ1v) is 4.81. The van der Waals surface area contributed by atoms with Gasteiger partial charge in [0.2, 0.25) is 0 Å². The SMILES string of the molecule is COc1cc(Br)cc(C(N)C(=O)O)c1O. The molecule has 6 heteroatoms. The van der Waals surface area contributed by atoms with Gasteiger partial charge in [-0.25, -0.2) is 0 Å². The molecule has 0 aromatic heterocycles. The van der Waals surface area contributed by atoms with E-state index < -0.39 is 12.0 Å². The predicted octanol–water partition coefficient (Wildman–Crippen LogP) is 1.25. The number of phenols is 1. The van der Waals surface area contributed by atoms with E-state index in [0.29, 0.717) is 4.47 Å². The van der Waals surface area contributed by atoms with Crippen LogP contribution >= 0.6 is 15.9 Å². The summed E-state index contributed by atoms with van der Waals surface area (Å²) in [7, 11) is 1.37. The van der Waals surface area contributed by atoms with Crippen molar-refractivity contribution in [2.24, 2.45) is 5.73 Å². The lowest BCUT2D eigenvalue weighted by Crippen LogP contribution is -2.20. The first-order chi connectivity index (χ1) is 6.97. The maximum absolute atomic E-state index is 10.7. The zero-order valence-corrected chi connectivity index (χ0v) is 9.48. The van der Waals surface area contributed by atoms with Crippen LogP contribution in [-0.4, -0.2) is 23.3 Å². The molecule has 0 aliphatic carbocycles. The van der Waals surface area contributed by atoms with Crippen LogP contribution in [0.15, 0.2) is 16.6 Å². The normalized spacial score (nSPS) is 12.2. The Kier molecular flexibility index (Phi) is 3.54. The molecule has 0 aliphatic rings. The number of ether oxygens (including phenoxy) is 1. The maximum Gasteiger partial charge on any atom is 0.325 e. The van der Waals surface area contributed by atoms with Gasteiger partial charge in [-0.3, -0.25) is 4.79 Å². The van der Waals surface area contributed by atoms with Crippen molar-refractivity contribution in [3.63, 3.8) is 0 Å². The summed E-state index contributed by atoms with van der Waals surface area (Å²) in [6.07, 6.45) is 0. The highest BCUT2D eigenvalue weighted by Crippen LogP contribution is 2.36. The van der Waals surface area contributed by atoms with Crippen molar-refractivity contribution in [2.45, 2.75) is 6.04 Å². The van der Waals surface area contributed by atoms with E-state index in [1.54, 1.807) is 0 Å². The summed E-state index contributed by atoms with van der Waals surface area (Å²) < 4.78 is 5.45. The van der Waals surface area contributed by atoms with Gasteiger partial charge in [-0.1, -0.05) is 15.9 Å². The Morgan fingerprint density at radius 1 is 1.60 bits per heavy atom. The number of carbonyl (C=O) groups is 1. The van der Waals surface area contributed by atoms with E-state index in [1.807, 2.05) is 0 Å². The van der Waals surface area contributed by atoms with Crippen molar-refractivity contribution in [3.05, 3.63) is 22.2 Å². The van der Waals surface area contributed by atoms with E-state index in [-0.39, 0.29) is 17.1 Å². The molecule has 0 saturated carbocycles. The van der Waals surface area contributed by atoms with Crippen LogP contribution in [0.4, 0.5) is 0 Å². The van der Waals surface area contributed by atoms with Gasteiger partial charge < -0.3 is 20.7 Å². The molecule has 0 aliphatic heterocycles. The highest BCUT2D eigenvalue weighted by molar-refractivity contribution is 9.10. The number of rotatable bonds is 3. The molecule has 0 heterocycles. The smallest absolute Gasteiger partial charge is 0.325 e. The molecule has 0 fully saturated rings. The number of nitrogens with two attached hydrogens (primary N) is 1. The number of benzene rings is 1. The molecule has 1 rings (SSSR count). The van der Waals surface area contributed by atoms with E-state index in [4.69, 9.17) is 15.6 Å². The lowest BCUT2D eigenvalue weighted by atomic mass is 10.1. The Morgan fingerprint density at radius 2 is 2.20 bits per heavy atom. The monoisotopic (exact) mass is 275 g/mol. The molecule has 1 aromatic rings. The minimum Gasteiger partial charge on any atom is -0.504 e. The first kappa shape index (κ1) is 11.8. The second-order valence-corrected chi connectivity index (χ2v) is 3.78. The average molecular weight is 276 g/mol. The Labute approximate surface area is 94.6 Å². The number of methoxy groups -OCH3 is 1. The van der Waals surface area contributed by atoms with Crippen LogP contribution < -0.4 is 10.5 Å². The van der Waals surface area contributed by atoms with E-state index in [1.165, 1.54) is 19.2 Å². The number of aromatic hydroxyl groups is 1. The number of hydrogen-bond acceptors (Lipinski definition) is 4. The van der Waals surface area contributed by atoms with Gasteiger partial charge in [-0.2, -0.15) is 0 Å². The van der Waals surface area contributed by atoms with Gasteiger partial charge in [-0.15, -0.1) is 0 Å². The average Bonchev–Trinajstić information content (AvgIpc) is 2.19. The summed E-state index contributed by atoms with van der Waals surface area (Å²) in [6, 6.07) is 1.68. The van der Waals surface area contributed by atoms with Crippen molar-refractivity contribution in [3.8, 4) is 11.5 Å². The second kappa shape index (κ2) is 4.50. The lowest BCUT2D eigenvalue weighted by Gasteiger charge is -2.12. The van der Waals surface area contributed by atoms with Gasteiger partial charge in [-0.05, 0) is 12.1 Å². The van der Waals surface area contributed by atoms with Gasteiger partial charge in [0.05, 0.1) is 7.11 Å². The van der Waals surface area contributed by atoms with E-state index >= 15 is 0 Å². The Morgan fingerprint density at radius 3 is 2.67 bits per heavy atom. The summed E-state index contributed by atoms with van der Waals surface area (Å²) >= 11 is 3.17. The Hall–Kier alpha value is -1.27. The molecule has 0 amide bonds. The highest BCUT2D eigenvalue weighted by atomic mass is 79.9. The van der Waals surface area contributed by atoms with Crippen LogP contribution in [0.5, 0.6) is 11.5 Å². The topological polar surface area (TPSA) is 92.8 Å². The highest BCUT2D eigenvalue weighted by Gasteiger charge is 2.21. The molecule has 0 saturated heterocycles. The summed E-state index contributed by atoms with van der Waals surface area (Å²) in [5.41, 5.74) is 5.50. The fourth-order valence-electron chi connectivity index (χ4n) is 1.12. The number of carboxylic acid groups (broad SMARTS) is 1. The molecule has 1 unspecified atom stereocenters. The third kappa shape index (κ3) is 2.40. The second-order valence-electron chi connectivity index (χ2n) is 2.86. The number of hydrogen-bond donors (Lipinski definition) is 3. The van der Waals surface area contributed by atoms with Gasteiger partial charge in [0.25, 0.3) is 0 Å². The van der Waals surface area contributed by atoms with Gasteiger partial charge in [0.1, 0.15) is 6.04 Å². The van der Waals surface area contributed by atoms with Gasteiger partial charge in [0.15, 0.2) is 11.5 Å². The fourth-order valence-corrected chi connectivity index (χ4v) is 1.57. The number of carboxylic acids is 1. The molecule has 0 radical (unpaired) electrons. The summed E-state index contributed by atoms with van der Waals surface area (Å²) in [6.45, 7) is 0. The minimum atomic E-state index is -1.28. The van der Waals surface area contributed by atoms with Crippen LogP contribution in [0.1, 0.15) is 11.6 Å².